The van der Waals surface area contributed by atoms with Gasteiger partial charge in [0.15, 0.2) is 11.5 Å². The maximum atomic E-state index is 5.63. The first-order chi connectivity index (χ1) is 9.74. The van der Waals surface area contributed by atoms with Gasteiger partial charge in [-0.1, -0.05) is 6.07 Å². The number of thiophene rings is 1. The normalized spacial score (nSPS) is 15.1. The van der Waals surface area contributed by atoms with Crippen molar-refractivity contribution < 1.29 is 9.47 Å². The van der Waals surface area contributed by atoms with Crippen molar-refractivity contribution in [2.75, 3.05) is 13.2 Å². The van der Waals surface area contributed by atoms with E-state index < -0.39 is 0 Å². The molecule has 0 saturated carbocycles. The largest absolute Gasteiger partial charge is 0.486 e. The van der Waals surface area contributed by atoms with Crippen LogP contribution in [0.1, 0.15) is 23.4 Å². The van der Waals surface area contributed by atoms with Gasteiger partial charge in [0.05, 0.1) is 0 Å². The van der Waals surface area contributed by atoms with E-state index in [1.165, 1.54) is 14.9 Å². The second-order valence-corrected chi connectivity index (χ2v) is 6.55. The third-order valence-electron chi connectivity index (χ3n) is 3.33. The number of hydrogen-bond acceptors (Lipinski definition) is 4. The van der Waals surface area contributed by atoms with Crippen molar-refractivity contribution in [2.24, 2.45) is 0 Å². The Hall–Kier alpha value is -1.04. The van der Waals surface area contributed by atoms with Crippen LogP contribution >= 0.6 is 27.3 Å². The highest BCUT2D eigenvalue weighted by atomic mass is 79.9. The van der Waals surface area contributed by atoms with E-state index in [1.807, 2.05) is 6.07 Å². The quantitative estimate of drug-likeness (QED) is 0.896. The van der Waals surface area contributed by atoms with Crippen LogP contribution < -0.4 is 14.8 Å². The first-order valence-corrected chi connectivity index (χ1v) is 8.26. The van der Waals surface area contributed by atoms with Crippen molar-refractivity contribution in [3.8, 4) is 11.5 Å². The Morgan fingerprint density at radius 3 is 2.80 bits per heavy atom. The third kappa shape index (κ3) is 3.00. The maximum absolute atomic E-state index is 5.63. The zero-order valence-corrected chi connectivity index (χ0v) is 13.6. The van der Waals surface area contributed by atoms with Gasteiger partial charge in [-0.05, 0) is 52.0 Å². The Morgan fingerprint density at radius 1 is 1.25 bits per heavy atom. The van der Waals surface area contributed by atoms with Gasteiger partial charge in [-0.25, -0.2) is 0 Å². The number of ether oxygens (including phenoxy) is 2. The predicted molar refractivity (Wildman–Crippen MR) is 84.7 cm³/mol. The summed E-state index contributed by atoms with van der Waals surface area (Å²) in [7, 11) is 0. The van der Waals surface area contributed by atoms with Crippen LogP contribution in [0.2, 0.25) is 0 Å². The van der Waals surface area contributed by atoms with Gasteiger partial charge in [0.25, 0.3) is 0 Å². The Bertz CT molecular complexity index is 599. The van der Waals surface area contributed by atoms with Crippen LogP contribution in [-0.2, 0) is 6.54 Å². The minimum Gasteiger partial charge on any atom is -0.486 e. The van der Waals surface area contributed by atoms with Crippen molar-refractivity contribution in [2.45, 2.75) is 19.5 Å². The van der Waals surface area contributed by atoms with Crippen LogP contribution in [0.4, 0.5) is 0 Å². The fraction of sp³-hybridized carbons (Fsp3) is 0.333. The van der Waals surface area contributed by atoms with Gasteiger partial charge in [-0.15, -0.1) is 11.3 Å². The molecule has 1 aromatic carbocycles. The minimum atomic E-state index is 0.264. The summed E-state index contributed by atoms with van der Waals surface area (Å²) < 4.78 is 12.3. The fourth-order valence-corrected chi connectivity index (χ4v) is 3.59. The van der Waals surface area contributed by atoms with E-state index in [9.17, 15) is 0 Å². The number of halogens is 1. The summed E-state index contributed by atoms with van der Waals surface area (Å²) in [6, 6.07) is 8.49. The molecule has 0 bridgehead atoms. The van der Waals surface area contributed by atoms with Crippen LogP contribution in [0.5, 0.6) is 11.5 Å². The van der Waals surface area contributed by atoms with Crippen LogP contribution in [-0.4, -0.2) is 13.2 Å². The maximum Gasteiger partial charge on any atom is 0.161 e. The van der Waals surface area contributed by atoms with Gasteiger partial charge in [0.2, 0.25) is 0 Å². The fourth-order valence-electron chi connectivity index (χ4n) is 2.14. The van der Waals surface area contributed by atoms with E-state index >= 15 is 0 Å². The molecule has 0 spiro atoms. The van der Waals surface area contributed by atoms with Crippen molar-refractivity contribution in [1.29, 1.82) is 0 Å². The van der Waals surface area contributed by atoms with Crippen LogP contribution in [0.25, 0.3) is 0 Å². The lowest BCUT2D eigenvalue weighted by Gasteiger charge is -2.21. The number of hydrogen-bond donors (Lipinski definition) is 1. The van der Waals surface area contributed by atoms with Crippen molar-refractivity contribution in [3.63, 3.8) is 0 Å². The molecular weight excluding hydrogens is 338 g/mol. The molecule has 2 aromatic rings. The van der Waals surface area contributed by atoms with E-state index in [-0.39, 0.29) is 6.04 Å². The van der Waals surface area contributed by atoms with Gasteiger partial charge in [0, 0.05) is 21.9 Å². The summed E-state index contributed by atoms with van der Waals surface area (Å²) >= 11 is 5.31. The average Bonchev–Trinajstić information content (AvgIpc) is 2.89. The first-order valence-electron chi connectivity index (χ1n) is 6.59. The lowest BCUT2D eigenvalue weighted by atomic mass is 10.1. The number of benzene rings is 1. The highest BCUT2D eigenvalue weighted by Gasteiger charge is 2.14. The molecule has 1 N–H and O–H groups in total. The van der Waals surface area contributed by atoms with E-state index in [4.69, 9.17) is 9.47 Å². The number of rotatable bonds is 4. The Balaban J connectivity index is 1.67. The van der Waals surface area contributed by atoms with Crippen LogP contribution in [0.3, 0.4) is 0 Å². The van der Waals surface area contributed by atoms with E-state index in [1.54, 1.807) is 11.3 Å². The van der Waals surface area contributed by atoms with E-state index in [0.29, 0.717) is 13.2 Å². The summed E-state index contributed by atoms with van der Waals surface area (Å²) in [6.07, 6.45) is 0. The molecule has 0 fully saturated rings. The molecule has 1 aliphatic heterocycles. The average molecular weight is 354 g/mol. The molecule has 0 radical (unpaired) electrons. The summed E-state index contributed by atoms with van der Waals surface area (Å²) in [4.78, 5) is 1.31. The zero-order chi connectivity index (χ0) is 13.9. The molecule has 5 heteroatoms. The molecule has 0 amide bonds. The van der Waals surface area contributed by atoms with Gasteiger partial charge >= 0.3 is 0 Å². The van der Waals surface area contributed by atoms with Crippen LogP contribution in [0, 0.1) is 0 Å². The Morgan fingerprint density at radius 2 is 2.05 bits per heavy atom. The molecule has 0 saturated heterocycles. The minimum absolute atomic E-state index is 0.264. The third-order valence-corrected chi connectivity index (χ3v) is 5.25. The monoisotopic (exact) mass is 353 g/mol. The molecule has 2 heterocycles. The molecule has 1 aliphatic rings. The molecular formula is C15H16BrNO2S. The van der Waals surface area contributed by atoms with Gasteiger partial charge in [0.1, 0.15) is 13.2 Å². The predicted octanol–water partition coefficient (Wildman–Crippen LogP) is 4.13. The second-order valence-electron chi connectivity index (χ2n) is 4.70. The van der Waals surface area contributed by atoms with Crippen LogP contribution in [0.15, 0.2) is 34.1 Å². The summed E-state index contributed by atoms with van der Waals surface area (Å²) in [5.74, 6) is 1.69. The molecule has 1 aromatic heterocycles. The summed E-state index contributed by atoms with van der Waals surface area (Å²) in [6.45, 7) is 4.27. The molecule has 0 aliphatic carbocycles. The highest BCUT2D eigenvalue weighted by Crippen LogP contribution is 2.32. The van der Waals surface area contributed by atoms with Crippen molar-refractivity contribution in [1.82, 2.24) is 5.32 Å². The lowest BCUT2D eigenvalue weighted by molar-refractivity contribution is 0.171. The topological polar surface area (TPSA) is 30.5 Å². The highest BCUT2D eigenvalue weighted by molar-refractivity contribution is 9.10. The molecule has 3 nitrogen and oxygen atoms in total. The lowest BCUT2D eigenvalue weighted by Crippen LogP contribution is -2.19. The smallest absolute Gasteiger partial charge is 0.161 e. The molecule has 20 heavy (non-hydrogen) atoms. The van der Waals surface area contributed by atoms with Gasteiger partial charge in [-0.2, -0.15) is 0 Å². The standard InChI is InChI=1S/C15H16BrNO2S/c1-10(17-9-15-12(16)4-7-20-15)11-2-3-13-14(8-11)19-6-5-18-13/h2-4,7-8,10,17H,5-6,9H2,1H3. The number of nitrogens with one attached hydrogen (secondary N) is 1. The first kappa shape index (κ1) is 13.9. The van der Waals surface area contributed by atoms with Crippen molar-refractivity contribution >= 4 is 27.3 Å². The van der Waals surface area contributed by atoms with E-state index in [2.05, 4.69) is 51.7 Å². The van der Waals surface area contributed by atoms with E-state index in [0.717, 1.165) is 18.0 Å². The zero-order valence-electron chi connectivity index (χ0n) is 11.2. The summed E-state index contributed by atoms with van der Waals surface area (Å²) in [5.41, 5.74) is 1.21. The SMILES string of the molecule is CC(NCc1sccc1Br)c1ccc2c(c1)OCCO2. The summed E-state index contributed by atoms with van der Waals surface area (Å²) in [5, 5.41) is 5.63. The Labute approximate surface area is 131 Å². The number of fused-ring (bicyclic) bond motifs is 1. The molecule has 106 valence electrons. The van der Waals surface area contributed by atoms with Gasteiger partial charge in [-0.3, -0.25) is 0 Å². The second kappa shape index (κ2) is 6.16. The molecule has 3 rings (SSSR count). The van der Waals surface area contributed by atoms with Gasteiger partial charge < -0.3 is 14.8 Å². The molecule has 1 unspecified atom stereocenters. The van der Waals surface area contributed by atoms with Crippen molar-refractivity contribution in [3.05, 3.63) is 44.6 Å². The Kier molecular flexibility index (Phi) is 4.29. The molecule has 1 atom stereocenters.